The maximum absolute atomic E-state index is 12.3. The maximum atomic E-state index is 12.3. The van der Waals surface area contributed by atoms with E-state index in [4.69, 9.17) is 0 Å². The number of sulfonamides is 1. The fourth-order valence-corrected chi connectivity index (χ4v) is 4.44. The van der Waals surface area contributed by atoms with Crippen LogP contribution in [0.2, 0.25) is 0 Å². The fourth-order valence-electron chi connectivity index (χ4n) is 1.91. The van der Waals surface area contributed by atoms with E-state index in [0.717, 1.165) is 6.42 Å². The summed E-state index contributed by atoms with van der Waals surface area (Å²) in [5, 5.41) is 0. The summed E-state index contributed by atoms with van der Waals surface area (Å²) in [5.74, 6) is 0.456. The monoisotopic (exact) mass is 303 g/mol. The summed E-state index contributed by atoms with van der Waals surface area (Å²) < 4.78 is 26.8. The van der Waals surface area contributed by atoms with Crippen LogP contribution in [0.15, 0.2) is 33.6 Å². The van der Waals surface area contributed by atoms with Crippen molar-refractivity contribution in [2.75, 3.05) is 13.1 Å². The van der Waals surface area contributed by atoms with Gasteiger partial charge < -0.3 is 0 Å². The van der Waals surface area contributed by atoms with Gasteiger partial charge in [-0.15, -0.1) is 0 Å². The fraction of sp³-hybridized carbons (Fsp3) is 0.455. The topological polar surface area (TPSA) is 37.4 Å². The van der Waals surface area contributed by atoms with E-state index in [1.807, 2.05) is 6.07 Å². The molecule has 5 heteroatoms. The Labute approximate surface area is 105 Å². The number of nitrogens with zero attached hydrogens (tertiary/aromatic N) is 1. The SMILES string of the molecule is C[C@H]1CCN(S(=O)(=O)c2ccccc2Br)C1. The first-order valence-corrected chi connectivity index (χ1v) is 7.50. The molecular weight excluding hydrogens is 290 g/mol. The normalized spacial score (nSPS) is 22.5. The van der Waals surface area contributed by atoms with E-state index in [-0.39, 0.29) is 0 Å². The Bertz CT molecular complexity index is 487. The molecule has 2 rings (SSSR count). The van der Waals surface area contributed by atoms with Crippen molar-refractivity contribution >= 4 is 26.0 Å². The summed E-state index contributed by atoms with van der Waals surface area (Å²) in [6.07, 6.45) is 0.948. The molecule has 16 heavy (non-hydrogen) atoms. The van der Waals surface area contributed by atoms with E-state index in [1.165, 1.54) is 0 Å². The molecule has 1 aromatic carbocycles. The van der Waals surface area contributed by atoms with Gasteiger partial charge in [0.25, 0.3) is 0 Å². The minimum atomic E-state index is -3.32. The van der Waals surface area contributed by atoms with Crippen molar-refractivity contribution in [3.05, 3.63) is 28.7 Å². The van der Waals surface area contributed by atoms with Crippen molar-refractivity contribution in [1.82, 2.24) is 4.31 Å². The van der Waals surface area contributed by atoms with Gasteiger partial charge in [0.1, 0.15) is 0 Å². The van der Waals surface area contributed by atoms with Gasteiger partial charge in [0.2, 0.25) is 10.0 Å². The molecule has 0 spiro atoms. The molecule has 0 aromatic heterocycles. The Morgan fingerprint density at radius 1 is 1.38 bits per heavy atom. The van der Waals surface area contributed by atoms with Gasteiger partial charge in [-0.2, -0.15) is 4.31 Å². The van der Waals surface area contributed by atoms with Crippen LogP contribution in [0.4, 0.5) is 0 Å². The number of hydrogen-bond donors (Lipinski definition) is 0. The van der Waals surface area contributed by atoms with Crippen molar-refractivity contribution in [3.63, 3.8) is 0 Å². The molecule has 0 N–H and O–H groups in total. The van der Waals surface area contributed by atoms with E-state index in [2.05, 4.69) is 22.9 Å². The Kier molecular flexibility index (Phi) is 3.37. The maximum Gasteiger partial charge on any atom is 0.244 e. The molecule has 1 heterocycles. The van der Waals surface area contributed by atoms with Crippen molar-refractivity contribution < 1.29 is 8.42 Å². The van der Waals surface area contributed by atoms with Crippen LogP contribution in [0.1, 0.15) is 13.3 Å². The number of halogens is 1. The lowest BCUT2D eigenvalue weighted by Crippen LogP contribution is -2.28. The number of hydrogen-bond acceptors (Lipinski definition) is 2. The van der Waals surface area contributed by atoms with Gasteiger partial charge in [0, 0.05) is 17.6 Å². The third-order valence-electron chi connectivity index (χ3n) is 2.84. The van der Waals surface area contributed by atoms with Crippen LogP contribution in [-0.2, 0) is 10.0 Å². The third kappa shape index (κ3) is 2.17. The van der Waals surface area contributed by atoms with Crippen molar-refractivity contribution in [3.8, 4) is 0 Å². The molecule has 1 fully saturated rings. The van der Waals surface area contributed by atoms with Gasteiger partial charge in [-0.1, -0.05) is 19.1 Å². The Balaban J connectivity index is 2.36. The smallest absolute Gasteiger partial charge is 0.207 e. The molecule has 1 atom stereocenters. The lowest BCUT2D eigenvalue weighted by molar-refractivity contribution is 0.464. The van der Waals surface area contributed by atoms with Crippen molar-refractivity contribution in [2.24, 2.45) is 5.92 Å². The molecule has 0 unspecified atom stereocenters. The molecule has 0 saturated carbocycles. The summed E-state index contributed by atoms with van der Waals surface area (Å²) >= 11 is 3.29. The van der Waals surface area contributed by atoms with Crippen LogP contribution < -0.4 is 0 Å². The molecular formula is C11H14BrNO2S. The zero-order valence-corrected chi connectivity index (χ0v) is 11.5. The van der Waals surface area contributed by atoms with Crippen molar-refractivity contribution in [1.29, 1.82) is 0 Å². The predicted molar refractivity (Wildman–Crippen MR) is 66.7 cm³/mol. The Morgan fingerprint density at radius 3 is 2.62 bits per heavy atom. The first-order chi connectivity index (χ1) is 7.51. The highest BCUT2D eigenvalue weighted by Gasteiger charge is 2.31. The molecule has 0 amide bonds. The Morgan fingerprint density at radius 2 is 2.06 bits per heavy atom. The molecule has 3 nitrogen and oxygen atoms in total. The second-order valence-corrected chi connectivity index (χ2v) is 6.95. The molecule has 1 saturated heterocycles. The van der Waals surface area contributed by atoms with Crippen molar-refractivity contribution in [2.45, 2.75) is 18.2 Å². The summed E-state index contributed by atoms with van der Waals surface area (Å²) in [5.41, 5.74) is 0. The molecule has 0 aliphatic carbocycles. The first-order valence-electron chi connectivity index (χ1n) is 5.26. The first kappa shape index (κ1) is 12.1. The van der Waals surface area contributed by atoms with Crippen LogP contribution in [0.3, 0.4) is 0 Å². The minimum absolute atomic E-state index is 0.365. The highest BCUT2D eigenvalue weighted by molar-refractivity contribution is 9.10. The number of rotatable bonds is 2. The highest BCUT2D eigenvalue weighted by Crippen LogP contribution is 2.28. The van der Waals surface area contributed by atoms with Gasteiger partial charge >= 0.3 is 0 Å². The van der Waals surface area contributed by atoms with Crippen LogP contribution in [0.5, 0.6) is 0 Å². The van der Waals surface area contributed by atoms with Gasteiger partial charge in [-0.25, -0.2) is 8.42 Å². The molecule has 1 aromatic rings. The van der Waals surface area contributed by atoms with E-state index < -0.39 is 10.0 Å². The summed E-state index contributed by atoms with van der Waals surface area (Å²) in [6, 6.07) is 6.96. The minimum Gasteiger partial charge on any atom is -0.207 e. The lowest BCUT2D eigenvalue weighted by atomic mass is 10.2. The second kappa shape index (κ2) is 4.47. The van der Waals surface area contributed by atoms with Crippen LogP contribution in [0.25, 0.3) is 0 Å². The average Bonchev–Trinajstić information content (AvgIpc) is 2.66. The number of benzene rings is 1. The summed E-state index contributed by atoms with van der Waals surface area (Å²) in [4.78, 5) is 0.365. The van der Waals surface area contributed by atoms with E-state index in [0.29, 0.717) is 28.4 Å². The van der Waals surface area contributed by atoms with Gasteiger partial charge in [0.05, 0.1) is 4.90 Å². The third-order valence-corrected chi connectivity index (χ3v) is 5.72. The lowest BCUT2D eigenvalue weighted by Gasteiger charge is -2.16. The molecule has 1 aliphatic rings. The van der Waals surface area contributed by atoms with E-state index >= 15 is 0 Å². The molecule has 88 valence electrons. The zero-order chi connectivity index (χ0) is 11.8. The zero-order valence-electron chi connectivity index (χ0n) is 9.06. The summed E-state index contributed by atoms with van der Waals surface area (Å²) in [6.45, 7) is 3.34. The molecule has 0 bridgehead atoms. The second-order valence-electron chi connectivity index (χ2n) is 4.19. The van der Waals surface area contributed by atoms with Gasteiger partial charge in [0.15, 0.2) is 0 Å². The largest absolute Gasteiger partial charge is 0.244 e. The van der Waals surface area contributed by atoms with E-state index in [9.17, 15) is 8.42 Å². The van der Waals surface area contributed by atoms with Crippen LogP contribution >= 0.6 is 15.9 Å². The Hall–Kier alpha value is -0.390. The quantitative estimate of drug-likeness (QED) is 0.842. The van der Waals surface area contributed by atoms with Gasteiger partial charge in [-0.3, -0.25) is 0 Å². The molecule has 0 radical (unpaired) electrons. The highest BCUT2D eigenvalue weighted by atomic mass is 79.9. The van der Waals surface area contributed by atoms with Crippen LogP contribution in [-0.4, -0.2) is 25.8 Å². The van der Waals surface area contributed by atoms with E-state index in [1.54, 1.807) is 22.5 Å². The predicted octanol–water partition coefficient (Wildman–Crippen LogP) is 2.48. The van der Waals surface area contributed by atoms with Crippen LogP contribution in [0, 0.1) is 5.92 Å². The average molecular weight is 304 g/mol. The standard InChI is InChI=1S/C11H14BrNO2S/c1-9-6-7-13(8-9)16(14,15)11-5-3-2-4-10(11)12/h2-5,9H,6-8H2,1H3/t9-/m0/s1. The van der Waals surface area contributed by atoms with Gasteiger partial charge in [-0.05, 0) is 40.4 Å². The molecule has 1 aliphatic heterocycles. The summed E-state index contributed by atoms with van der Waals surface area (Å²) in [7, 11) is -3.32.